The first-order chi connectivity index (χ1) is 5.70. The molecule has 0 aromatic rings. The molecule has 1 atom stereocenters. The van der Waals surface area contributed by atoms with Gasteiger partial charge in [-0.25, -0.2) is 0 Å². The molecule has 0 aromatic heterocycles. The predicted octanol–water partition coefficient (Wildman–Crippen LogP) is 0.558. The minimum absolute atomic E-state index is 0.259. The molecule has 0 amide bonds. The molecule has 1 aliphatic carbocycles. The molecule has 0 aliphatic heterocycles. The van der Waals surface area contributed by atoms with E-state index in [1.54, 1.807) is 14.2 Å². The van der Waals surface area contributed by atoms with Crippen LogP contribution in [0.2, 0.25) is 0 Å². The Kier molecular flexibility index (Phi) is 2.69. The van der Waals surface area contributed by atoms with Crippen LogP contribution in [0.15, 0.2) is 0 Å². The standard InChI is InChI=1S/C8H14O4/c1-10-7(9)6-4-5-8(6,11-2)12-3/h6H,4-5H2,1-3H3/t6-/m0/s1. The SMILES string of the molecule is COC(=O)[C@@H]1CCC1(OC)OC. The summed E-state index contributed by atoms with van der Waals surface area (Å²) >= 11 is 0. The summed E-state index contributed by atoms with van der Waals surface area (Å²) in [6.45, 7) is 0. The van der Waals surface area contributed by atoms with Gasteiger partial charge in [0.2, 0.25) is 0 Å². The van der Waals surface area contributed by atoms with Gasteiger partial charge >= 0.3 is 5.97 Å². The van der Waals surface area contributed by atoms with Gasteiger partial charge in [0.1, 0.15) is 5.92 Å². The fraction of sp³-hybridized carbons (Fsp3) is 0.875. The van der Waals surface area contributed by atoms with Crippen LogP contribution in [0.3, 0.4) is 0 Å². The van der Waals surface area contributed by atoms with Crippen LogP contribution >= 0.6 is 0 Å². The Balaban J connectivity index is 2.62. The van der Waals surface area contributed by atoms with E-state index in [1.165, 1.54) is 7.11 Å². The third-order valence-corrected chi connectivity index (χ3v) is 2.49. The highest BCUT2D eigenvalue weighted by atomic mass is 16.7. The van der Waals surface area contributed by atoms with E-state index in [0.29, 0.717) is 0 Å². The number of carbonyl (C=O) groups is 1. The van der Waals surface area contributed by atoms with E-state index in [-0.39, 0.29) is 11.9 Å². The van der Waals surface area contributed by atoms with E-state index in [2.05, 4.69) is 4.74 Å². The van der Waals surface area contributed by atoms with Gasteiger partial charge < -0.3 is 14.2 Å². The third-order valence-electron chi connectivity index (χ3n) is 2.49. The maximum atomic E-state index is 11.1. The van der Waals surface area contributed by atoms with Gasteiger partial charge in [0.15, 0.2) is 5.79 Å². The summed E-state index contributed by atoms with van der Waals surface area (Å²) in [5, 5.41) is 0. The van der Waals surface area contributed by atoms with Gasteiger partial charge in [-0.1, -0.05) is 0 Å². The van der Waals surface area contributed by atoms with Crippen LogP contribution in [0.4, 0.5) is 0 Å². The van der Waals surface area contributed by atoms with Gasteiger partial charge in [-0.2, -0.15) is 0 Å². The van der Waals surface area contributed by atoms with Crippen LogP contribution in [0.25, 0.3) is 0 Å². The van der Waals surface area contributed by atoms with Crippen LogP contribution < -0.4 is 0 Å². The van der Waals surface area contributed by atoms with Gasteiger partial charge in [-0.3, -0.25) is 4.79 Å². The molecule has 1 saturated carbocycles. The summed E-state index contributed by atoms with van der Waals surface area (Å²) in [6.07, 6.45) is 1.52. The molecule has 1 rings (SSSR count). The molecule has 0 spiro atoms. The van der Waals surface area contributed by atoms with Gasteiger partial charge in [-0.15, -0.1) is 0 Å². The smallest absolute Gasteiger partial charge is 0.314 e. The predicted molar refractivity (Wildman–Crippen MR) is 41.5 cm³/mol. The molecular weight excluding hydrogens is 160 g/mol. The zero-order valence-electron chi connectivity index (χ0n) is 7.62. The summed E-state index contributed by atoms with van der Waals surface area (Å²) in [4.78, 5) is 11.1. The van der Waals surface area contributed by atoms with E-state index in [9.17, 15) is 4.79 Å². The first-order valence-electron chi connectivity index (χ1n) is 3.88. The molecule has 0 radical (unpaired) electrons. The molecule has 0 unspecified atom stereocenters. The van der Waals surface area contributed by atoms with Crippen LogP contribution in [-0.4, -0.2) is 33.1 Å². The first-order valence-corrected chi connectivity index (χ1v) is 3.88. The minimum atomic E-state index is -0.729. The van der Waals surface area contributed by atoms with Crippen molar-refractivity contribution in [1.82, 2.24) is 0 Å². The maximum Gasteiger partial charge on any atom is 0.314 e. The lowest BCUT2D eigenvalue weighted by molar-refractivity contribution is -0.284. The lowest BCUT2D eigenvalue weighted by Crippen LogP contribution is -2.54. The Bertz CT molecular complexity index is 168. The van der Waals surface area contributed by atoms with Gasteiger partial charge in [0.25, 0.3) is 0 Å². The molecular formula is C8H14O4. The molecule has 0 saturated heterocycles. The lowest BCUT2D eigenvalue weighted by Gasteiger charge is -2.44. The van der Waals surface area contributed by atoms with Crippen LogP contribution in [0.5, 0.6) is 0 Å². The molecule has 12 heavy (non-hydrogen) atoms. The fourth-order valence-electron chi connectivity index (χ4n) is 1.54. The molecule has 4 nitrogen and oxygen atoms in total. The van der Waals surface area contributed by atoms with Crippen molar-refractivity contribution in [3.05, 3.63) is 0 Å². The minimum Gasteiger partial charge on any atom is -0.469 e. The molecule has 1 aliphatic rings. The number of hydrogen-bond donors (Lipinski definition) is 0. The van der Waals surface area contributed by atoms with Crippen LogP contribution in [-0.2, 0) is 19.0 Å². The summed E-state index contributed by atoms with van der Waals surface area (Å²) in [5.74, 6) is -1.25. The molecule has 0 bridgehead atoms. The summed E-state index contributed by atoms with van der Waals surface area (Å²) in [5.41, 5.74) is 0. The van der Waals surface area contributed by atoms with Crippen molar-refractivity contribution >= 4 is 5.97 Å². The Morgan fingerprint density at radius 3 is 2.17 bits per heavy atom. The van der Waals surface area contributed by atoms with Crippen molar-refractivity contribution < 1.29 is 19.0 Å². The average Bonchev–Trinajstić information content (AvgIpc) is 2.05. The second kappa shape index (κ2) is 3.41. The molecule has 1 fully saturated rings. The second-order valence-electron chi connectivity index (χ2n) is 2.83. The molecule has 0 aromatic carbocycles. The Hall–Kier alpha value is -0.610. The van der Waals surface area contributed by atoms with E-state index in [0.717, 1.165) is 12.8 Å². The van der Waals surface area contributed by atoms with Crippen molar-refractivity contribution in [3.8, 4) is 0 Å². The monoisotopic (exact) mass is 174 g/mol. The van der Waals surface area contributed by atoms with Gasteiger partial charge in [0.05, 0.1) is 7.11 Å². The van der Waals surface area contributed by atoms with Crippen LogP contribution in [0.1, 0.15) is 12.8 Å². The van der Waals surface area contributed by atoms with E-state index in [4.69, 9.17) is 9.47 Å². The Labute approximate surface area is 71.8 Å². The highest BCUT2D eigenvalue weighted by molar-refractivity contribution is 5.74. The highest BCUT2D eigenvalue weighted by Crippen LogP contribution is 2.42. The second-order valence-corrected chi connectivity index (χ2v) is 2.83. The van der Waals surface area contributed by atoms with Crippen molar-refractivity contribution in [2.24, 2.45) is 5.92 Å². The van der Waals surface area contributed by atoms with Gasteiger partial charge in [0, 0.05) is 20.6 Å². The summed E-state index contributed by atoms with van der Waals surface area (Å²) in [7, 11) is 4.45. The summed E-state index contributed by atoms with van der Waals surface area (Å²) in [6, 6.07) is 0. The van der Waals surface area contributed by atoms with Crippen molar-refractivity contribution in [1.29, 1.82) is 0 Å². The third kappa shape index (κ3) is 1.21. The Morgan fingerprint density at radius 2 is 1.92 bits per heavy atom. The zero-order chi connectivity index (χ0) is 9.19. The number of hydrogen-bond acceptors (Lipinski definition) is 4. The zero-order valence-corrected chi connectivity index (χ0v) is 7.62. The molecule has 4 heteroatoms. The maximum absolute atomic E-state index is 11.1. The normalized spacial score (nSPS) is 26.1. The number of rotatable bonds is 3. The number of ether oxygens (including phenoxy) is 3. The van der Waals surface area contributed by atoms with Crippen molar-refractivity contribution in [2.45, 2.75) is 18.6 Å². The fourth-order valence-corrected chi connectivity index (χ4v) is 1.54. The largest absolute Gasteiger partial charge is 0.469 e. The van der Waals surface area contributed by atoms with E-state index in [1.807, 2.05) is 0 Å². The van der Waals surface area contributed by atoms with E-state index < -0.39 is 5.79 Å². The average molecular weight is 174 g/mol. The van der Waals surface area contributed by atoms with Crippen molar-refractivity contribution in [3.63, 3.8) is 0 Å². The number of esters is 1. The van der Waals surface area contributed by atoms with E-state index >= 15 is 0 Å². The van der Waals surface area contributed by atoms with Crippen molar-refractivity contribution in [2.75, 3.05) is 21.3 Å². The molecule has 0 heterocycles. The number of methoxy groups -OCH3 is 3. The first kappa shape index (κ1) is 9.48. The van der Waals surface area contributed by atoms with Crippen LogP contribution in [0, 0.1) is 5.92 Å². The molecule has 0 N–H and O–H groups in total. The number of carbonyl (C=O) groups excluding carboxylic acids is 1. The summed E-state index contributed by atoms with van der Waals surface area (Å²) < 4.78 is 14.9. The Morgan fingerprint density at radius 1 is 1.33 bits per heavy atom. The lowest BCUT2D eigenvalue weighted by atomic mass is 9.78. The quantitative estimate of drug-likeness (QED) is 0.463. The molecule has 70 valence electrons. The topological polar surface area (TPSA) is 44.8 Å². The van der Waals surface area contributed by atoms with Gasteiger partial charge in [-0.05, 0) is 6.42 Å². The highest BCUT2D eigenvalue weighted by Gasteiger charge is 2.52.